The Balaban J connectivity index is 1.91. The maximum absolute atomic E-state index is 12.7. The number of carbonyl (C=O) groups excluding carboxylic acids is 2. The molecule has 6 nitrogen and oxygen atoms in total. The zero-order valence-corrected chi connectivity index (χ0v) is 17.8. The predicted octanol–water partition coefficient (Wildman–Crippen LogP) is 4.92. The van der Waals surface area contributed by atoms with Crippen LogP contribution in [0.15, 0.2) is 58.1 Å². The SMILES string of the molecule is CCOC(=O)C1(C)CN(C(=O)Nc2cccc(Br)c2)N=C1c1ccc(Cl)cc1. The van der Waals surface area contributed by atoms with Crippen molar-refractivity contribution in [2.75, 3.05) is 18.5 Å². The molecule has 3 rings (SSSR count). The number of amides is 2. The summed E-state index contributed by atoms with van der Waals surface area (Å²) in [4.78, 5) is 25.4. The van der Waals surface area contributed by atoms with Gasteiger partial charge in [0.05, 0.1) is 18.9 Å². The second-order valence-corrected chi connectivity index (χ2v) is 7.86. The first-order chi connectivity index (χ1) is 13.3. The number of hydrogen-bond donors (Lipinski definition) is 1. The number of nitrogens with zero attached hydrogens (tertiary/aromatic N) is 2. The van der Waals surface area contributed by atoms with Crippen LogP contribution in [0.2, 0.25) is 5.02 Å². The van der Waals surface area contributed by atoms with Crippen molar-refractivity contribution >= 4 is 50.9 Å². The number of hydrazone groups is 1. The lowest BCUT2D eigenvalue weighted by Gasteiger charge is -2.24. The number of anilines is 1. The number of ether oxygens (including phenoxy) is 1. The van der Waals surface area contributed by atoms with Gasteiger partial charge in [0.15, 0.2) is 0 Å². The molecule has 28 heavy (non-hydrogen) atoms. The van der Waals surface area contributed by atoms with Crippen LogP contribution < -0.4 is 5.32 Å². The molecule has 0 saturated carbocycles. The van der Waals surface area contributed by atoms with Crippen molar-refractivity contribution in [2.24, 2.45) is 10.5 Å². The molecule has 2 aromatic carbocycles. The van der Waals surface area contributed by atoms with Gasteiger partial charge in [-0.3, -0.25) is 4.79 Å². The summed E-state index contributed by atoms with van der Waals surface area (Å²) in [6, 6.07) is 13.8. The first-order valence-electron chi connectivity index (χ1n) is 8.70. The number of halogens is 2. The van der Waals surface area contributed by atoms with Gasteiger partial charge in [-0.2, -0.15) is 5.10 Å². The minimum absolute atomic E-state index is 0.0730. The molecule has 1 unspecified atom stereocenters. The van der Waals surface area contributed by atoms with Crippen molar-refractivity contribution in [3.05, 3.63) is 63.6 Å². The molecule has 1 N–H and O–H groups in total. The molecule has 8 heteroatoms. The highest BCUT2D eigenvalue weighted by atomic mass is 79.9. The molecule has 1 aliphatic heterocycles. The number of esters is 1. The van der Waals surface area contributed by atoms with Crippen molar-refractivity contribution in [3.63, 3.8) is 0 Å². The number of rotatable bonds is 4. The molecule has 0 radical (unpaired) electrons. The normalized spacial score (nSPS) is 18.6. The fraction of sp³-hybridized carbons (Fsp3) is 0.250. The number of nitrogens with one attached hydrogen (secondary N) is 1. The third kappa shape index (κ3) is 4.20. The van der Waals surface area contributed by atoms with Crippen LogP contribution in [0.5, 0.6) is 0 Å². The quantitative estimate of drug-likeness (QED) is 0.653. The van der Waals surface area contributed by atoms with Crippen LogP contribution in [0.25, 0.3) is 0 Å². The standard InChI is InChI=1S/C20H19BrClN3O3/c1-3-28-18(26)20(2)12-25(19(27)23-16-6-4-5-14(21)11-16)24-17(20)13-7-9-15(22)10-8-13/h4-11H,3,12H2,1-2H3,(H,23,27). The molecule has 146 valence electrons. The first kappa shape index (κ1) is 20.4. The lowest BCUT2D eigenvalue weighted by atomic mass is 9.82. The Kier molecular flexibility index (Phi) is 6.05. The molecule has 1 atom stereocenters. The van der Waals surface area contributed by atoms with E-state index < -0.39 is 17.4 Å². The van der Waals surface area contributed by atoms with Gasteiger partial charge in [0.1, 0.15) is 5.41 Å². The molecular formula is C20H19BrClN3O3. The summed E-state index contributed by atoms with van der Waals surface area (Å²) in [7, 11) is 0. The van der Waals surface area contributed by atoms with E-state index in [1.807, 2.05) is 12.1 Å². The first-order valence-corrected chi connectivity index (χ1v) is 9.87. The largest absolute Gasteiger partial charge is 0.465 e. The van der Waals surface area contributed by atoms with E-state index in [1.54, 1.807) is 50.2 Å². The Hall–Kier alpha value is -2.38. The highest BCUT2D eigenvalue weighted by molar-refractivity contribution is 9.10. The average molecular weight is 465 g/mol. The summed E-state index contributed by atoms with van der Waals surface area (Å²) in [5.41, 5.74) is 0.704. The van der Waals surface area contributed by atoms with E-state index in [0.29, 0.717) is 22.0 Å². The van der Waals surface area contributed by atoms with Crippen molar-refractivity contribution in [3.8, 4) is 0 Å². The summed E-state index contributed by atoms with van der Waals surface area (Å²) in [5.74, 6) is -0.429. The van der Waals surface area contributed by atoms with Crippen molar-refractivity contribution in [2.45, 2.75) is 13.8 Å². The second kappa shape index (κ2) is 8.32. The molecule has 2 amide bonds. The second-order valence-electron chi connectivity index (χ2n) is 6.51. The molecular weight excluding hydrogens is 446 g/mol. The Labute approximate surface area is 176 Å². The molecule has 1 heterocycles. The summed E-state index contributed by atoms with van der Waals surface area (Å²) >= 11 is 9.35. The van der Waals surface area contributed by atoms with Gasteiger partial charge in [0.25, 0.3) is 0 Å². The maximum Gasteiger partial charge on any atom is 0.342 e. The number of benzene rings is 2. The topological polar surface area (TPSA) is 71.0 Å². The highest BCUT2D eigenvalue weighted by Gasteiger charge is 2.48. The third-order valence-electron chi connectivity index (χ3n) is 4.36. The fourth-order valence-electron chi connectivity index (χ4n) is 2.95. The van der Waals surface area contributed by atoms with E-state index in [0.717, 1.165) is 4.47 Å². The smallest absolute Gasteiger partial charge is 0.342 e. The molecule has 2 aromatic rings. The molecule has 0 bridgehead atoms. The summed E-state index contributed by atoms with van der Waals surface area (Å²) in [6.45, 7) is 3.79. The molecule has 0 spiro atoms. The van der Waals surface area contributed by atoms with Crippen LogP contribution in [-0.4, -0.2) is 35.9 Å². The number of hydrogen-bond acceptors (Lipinski definition) is 4. The Morgan fingerprint density at radius 3 is 2.64 bits per heavy atom. The van der Waals surface area contributed by atoms with Gasteiger partial charge in [-0.25, -0.2) is 9.80 Å². The minimum Gasteiger partial charge on any atom is -0.465 e. The van der Waals surface area contributed by atoms with Gasteiger partial charge in [-0.15, -0.1) is 0 Å². The van der Waals surface area contributed by atoms with Crippen molar-refractivity contribution < 1.29 is 14.3 Å². The lowest BCUT2D eigenvalue weighted by Crippen LogP contribution is -2.42. The maximum atomic E-state index is 12.7. The van der Waals surface area contributed by atoms with E-state index in [-0.39, 0.29) is 13.2 Å². The third-order valence-corrected chi connectivity index (χ3v) is 5.11. The van der Waals surface area contributed by atoms with Crippen LogP contribution in [0, 0.1) is 5.41 Å². The van der Waals surface area contributed by atoms with E-state index in [4.69, 9.17) is 16.3 Å². The molecule has 0 aromatic heterocycles. The lowest BCUT2D eigenvalue weighted by molar-refractivity contribution is -0.150. The van der Waals surface area contributed by atoms with E-state index >= 15 is 0 Å². The average Bonchev–Trinajstić information content (AvgIpc) is 3.02. The molecule has 1 aliphatic rings. The predicted molar refractivity (Wildman–Crippen MR) is 113 cm³/mol. The minimum atomic E-state index is -1.08. The van der Waals surface area contributed by atoms with Gasteiger partial charge in [-0.1, -0.05) is 45.7 Å². The van der Waals surface area contributed by atoms with Crippen molar-refractivity contribution in [1.29, 1.82) is 0 Å². The van der Waals surface area contributed by atoms with Crippen LogP contribution in [0.3, 0.4) is 0 Å². The number of urea groups is 1. The van der Waals surface area contributed by atoms with Gasteiger partial charge < -0.3 is 10.1 Å². The Morgan fingerprint density at radius 1 is 1.29 bits per heavy atom. The number of carbonyl (C=O) groups is 2. The Morgan fingerprint density at radius 2 is 2.00 bits per heavy atom. The Bertz CT molecular complexity index is 933. The summed E-state index contributed by atoms with van der Waals surface area (Å²) in [6.07, 6.45) is 0. The van der Waals surface area contributed by atoms with Gasteiger partial charge in [0.2, 0.25) is 0 Å². The van der Waals surface area contributed by atoms with E-state index in [1.165, 1.54) is 5.01 Å². The van der Waals surface area contributed by atoms with Gasteiger partial charge in [-0.05, 0) is 49.7 Å². The molecule has 0 saturated heterocycles. The van der Waals surface area contributed by atoms with Gasteiger partial charge in [0, 0.05) is 15.2 Å². The summed E-state index contributed by atoms with van der Waals surface area (Å²) < 4.78 is 6.10. The van der Waals surface area contributed by atoms with E-state index in [2.05, 4.69) is 26.3 Å². The van der Waals surface area contributed by atoms with Crippen LogP contribution in [-0.2, 0) is 9.53 Å². The fourth-order valence-corrected chi connectivity index (χ4v) is 3.47. The highest BCUT2D eigenvalue weighted by Crippen LogP contribution is 2.33. The van der Waals surface area contributed by atoms with Gasteiger partial charge >= 0.3 is 12.0 Å². The summed E-state index contributed by atoms with van der Waals surface area (Å²) in [5, 5.41) is 9.06. The van der Waals surface area contributed by atoms with E-state index in [9.17, 15) is 9.59 Å². The monoisotopic (exact) mass is 463 g/mol. The van der Waals surface area contributed by atoms with Crippen LogP contribution >= 0.6 is 27.5 Å². The van der Waals surface area contributed by atoms with Crippen LogP contribution in [0.4, 0.5) is 10.5 Å². The van der Waals surface area contributed by atoms with Crippen molar-refractivity contribution in [1.82, 2.24) is 5.01 Å². The molecule has 0 aliphatic carbocycles. The van der Waals surface area contributed by atoms with Crippen LogP contribution in [0.1, 0.15) is 19.4 Å². The zero-order chi connectivity index (χ0) is 20.3. The molecule has 0 fully saturated rings. The zero-order valence-electron chi connectivity index (χ0n) is 15.4.